The first-order chi connectivity index (χ1) is 8.41. The normalized spacial score (nSPS) is 10.7. The van der Waals surface area contributed by atoms with Gasteiger partial charge >= 0.3 is 0 Å². The molecule has 1 aromatic carbocycles. The average molecular weight is 280 g/mol. The molecule has 0 radical (unpaired) electrons. The summed E-state index contributed by atoms with van der Waals surface area (Å²) in [7, 11) is 0. The molecule has 4 heteroatoms. The van der Waals surface area contributed by atoms with E-state index in [-0.39, 0.29) is 5.78 Å². The molecule has 2 rings (SSSR count). The van der Waals surface area contributed by atoms with Gasteiger partial charge in [0.25, 0.3) is 0 Å². The predicted octanol–water partition coefficient (Wildman–Crippen LogP) is 4.14. The number of hydrogen-bond donors (Lipinski definition) is 1. The van der Waals surface area contributed by atoms with Crippen molar-refractivity contribution >= 4 is 33.7 Å². The number of aryl methyl sites for hydroxylation is 2. The third kappa shape index (κ3) is 2.16. The molecule has 2 aromatic rings. The Balaban J connectivity index is 2.51. The Bertz CT molecular complexity index is 631. The van der Waals surface area contributed by atoms with E-state index in [1.54, 1.807) is 18.2 Å². The van der Waals surface area contributed by atoms with Crippen LogP contribution in [0.1, 0.15) is 31.9 Å². The van der Waals surface area contributed by atoms with Crippen LogP contribution in [0.5, 0.6) is 0 Å². The van der Waals surface area contributed by atoms with Crippen molar-refractivity contribution in [2.24, 2.45) is 0 Å². The lowest BCUT2D eigenvalue weighted by Gasteiger charge is -2.05. The van der Waals surface area contributed by atoms with Crippen LogP contribution in [0.3, 0.4) is 0 Å². The quantitative estimate of drug-likeness (QED) is 0.840. The minimum atomic E-state index is -0.0332. The molecule has 0 aliphatic rings. The first kappa shape index (κ1) is 13.1. The van der Waals surface area contributed by atoms with Gasteiger partial charge in [-0.1, -0.05) is 11.6 Å². The van der Waals surface area contributed by atoms with E-state index < -0.39 is 0 Å². The van der Waals surface area contributed by atoms with Crippen molar-refractivity contribution in [3.63, 3.8) is 0 Å². The summed E-state index contributed by atoms with van der Waals surface area (Å²) in [6.45, 7) is 5.78. The van der Waals surface area contributed by atoms with Crippen LogP contribution in [0.4, 0.5) is 5.00 Å². The number of halogens is 1. The Morgan fingerprint density at radius 3 is 2.44 bits per heavy atom. The van der Waals surface area contributed by atoms with Crippen molar-refractivity contribution in [2.45, 2.75) is 20.8 Å². The number of benzene rings is 1. The molecule has 2 N–H and O–H groups in total. The topological polar surface area (TPSA) is 43.1 Å². The van der Waals surface area contributed by atoms with Crippen molar-refractivity contribution in [1.82, 2.24) is 0 Å². The van der Waals surface area contributed by atoms with E-state index in [2.05, 4.69) is 0 Å². The van der Waals surface area contributed by atoms with E-state index in [1.807, 2.05) is 20.8 Å². The lowest BCUT2D eigenvalue weighted by Crippen LogP contribution is -2.05. The van der Waals surface area contributed by atoms with Gasteiger partial charge in [0, 0.05) is 15.5 Å². The number of anilines is 1. The van der Waals surface area contributed by atoms with Crippen LogP contribution >= 0.6 is 22.9 Å². The molecule has 0 unspecified atom stereocenters. The molecule has 0 bridgehead atoms. The second-order valence-electron chi connectivity index (χ2n) is 4.32. The number of carbonyl (C=O) groups is 1. The first-order valence-corrected chi connectivity index (χ1v) is 6.77. The minimum Gasteiger partial charge on any atom is -0.390 e. The molecule has 0 saturated carbocycles. The molecule has 0 amide bonds. The van der Waals surface area contributed by atoms with Gasteiger partial charge in [-0.2, -0.15) is 0 Å². The number of thiophene rings is 1. The molecule has 0 fully saturated rings. The SMILES string of the molecule is Cc1cc(C(=O)c2c(N)sc(C)c2C)ccc1Cl. The summed E-state index contributed by atoms with van der Waals surface area (Å²) in [6.07, 6.45) is 0. The smallest absolute Gasteiger partial charge is 0.196 e. The Kier molecular flexibility index (Phi) is 3.46. The first-order valence-electron chi connectivity index (χ1n) is 5.58. The average Bonchev–Trinajstić information content (AvgIpc) is 2.56. The largest absolute Gasteiger partial charge is 0.390 e. The van der Waals surface area contributed by atoms with Gasteiger partial charge in [0.1, 0.15) is 0 Å². The van der Waals surface area contributed by atoms with Crippen LogP contribution in [0, 0.1) is 20.8 Å². The standard InChI is InChI=1S/C14H14ClNOS/c1-7-6-10(4-5-11(7)15)13(17)12-8(2)9(3)18-14(12)16/h4-6H,16H2,1-3H3. The summed E-state index contributed by atoms with van der Waals surface area (Å²) in [5.74, 6) is -0.0332. The zero-order chi connectivity index (χ0) is 13.4. The summed E-state index contributed by atoms with van der Waals surface area (Å²) in [4.78, 5) is 13.5. The van der Waals surface area contributed by atoms with E-state index in [4.69, 9.17) is 17.3 Å². The van der Waals surface area contributed by atoms with Crippen LogP contribution in [-0.4, -0.2) is 5.78 Å². The van der Waals surface area contributed by atoms with Gasteiger partial charge in [-0.3, -0.25) is 4.79 Å². The maximum absolute atomic E-state index is 12.4. The highest BCUT2D eigenvalue weighted by Crippen LogP contribution is 2.32. The summed E-state index contributed by atoms with van der Waals surface area (Å²) < 4.78 is 0. The van der Waals surface area contributed by atoms with Gasteiger partial charge in [-0.25, -0.2) is 0 Å². The van der Waals surface area contributed by atoms with Crippen molar-refractivity contribution in [3.05, 3.63) is 50.4 Å². The Labute approximate surface area is 115 Å². The number of nitrogens with two attached hydrogens (primary N) is 1. The summed E-state index contributed by atoms with van der Waals surface area (Å²) in [5.41, 5.74) is 9.04. The lowest BCUT2D eigenvalue weighted by molar-refractivity contribution is 0.103. The van der Waals surface area contributed by atoms with E-state index in [0.29, 0.717) is 21.2 Å². The number of nitrogen functional groups attached to an aromatic ring is 1. The molecule has 18 heavy (non-hydrogen) atoms. The molecule has 0 saturated heterocycles. The van der Waals surface area contributed by atoms with E-state index >= 15 is 0 Å². The van der Waals surface area contributed by atoms with Crippen molar-refractivity contribution in [2.75, 3.05) is 5.73 Å². The molecule has 0 atom stereocenters. The number of carbonyl (C=O) groups excluding carboxylic acids is 1. The van der Waals surface area contributed by atoms with Gasteiger partial charge in [0.2, 0.25) is 0 Å². The number of ketones is 1. The third-order valence-electron chi connectivity index (χ3n) is 3.06. The minimum absolute atomic E-state index is 0.0332. The Morgan fingerprint density at radius 2 is 1.94 bits per heavy atom. The summed E-state index contributed by atoms with van der Waals surface area (Å²) >= 11 is 7.42. The highest BCUT2D eigenvalue weighted by Gasteiger charge is 2.19. The van der Waals surface area contributed by atoms with E-state index in [1.165, 1.54) is 11.3 Å². The van der Waals surface area contributed by atoms with Gasteiger partial charge in [-0.15, -0.1) is 11.3 Å². The van der Waals surface area contributed by atoms with Crippen LogP contribution in [-0.2, 0) is 0 Å². The Morgan fingerprint density at radius 1 is 1.28 bits per heavy atom. The monoisotopic (exact) mass is 279 g/mol. The fourth-order valence-corrected chi connectivity index (χ4v) is 2.92. The van der Waals surface area contributed by atoms with Crippen molar-refractivity contribution < 1.29 is 4.79 Å². The molecule has 1 heterocycles. The molecule has 1 aromatic heterocycles. The lowest BCUT2D eigenvalue weighted by atomic mass is 10.00. The van der Waals surface area contributed by atoms with Crippen LogP contribution in [0.2, 0.25) is 5.02 Å². The maximum atomic E-state index is 12.4. The molecule has 2 nitrogen and oxygen atoms in total. The molecule has 0 aliphatic carbocycles. The van der Waals surface area contributed by atoms with E-state index in [9.17, 15) is 4.79 Å². The summed E-state index contributed by atoms with van der Waals surface area (Å²) in [5, 5.41) is 1.25. The fourth-order valence-electron chi connectivity index (χ4n) is 1.87. The molecule has 0 aliphatic heterocycles. The molecular weight excluding hydrogens is 266 g/mol. The molecule has 0 spiro atoms. The molecule has 94 valence electrons. The zero-order valence-electron chi connectivity index (χ0n) is 10.5. The van der Waals surface area contributed by atoms with Crippen molar-refractivity contribution in [3.8, 4) is 0 Å². The van der Waals surface area contributed by atoms with Crippen LogP contribution < -0.4 is 5.73 Å². The summed E-state index contributed by atoms with van der Waals surface area (Å²) in [6, 6.07) is 5.29. The fraction of sp³-hybridized carbons (Fsp3) is 0.214. The van der Waals surface area contributed by atoms with Gasteiger partial charge < -0.3 is 5.73 Å². The van der Waals surface area contributed by atoms with Crippen molar-refractivity contribution in [1.29, 1.82) is 0 Å². The maximum Gasteiger partial charge on any atom is 0.196 e. The zero-order valence-corrected chi connectivity index (χ0v) is 12.1. The third-order valence-corrected chi connectivity index (χ3v) is 4.52. The second kappa shape index (κ2) is 4.75. The molecular formula is C14H14ClNOS. The van der Waals surface area contributed by atoms with Crippen LogP contribution in [0.25, 0.3) is 0 Å². The number of rotatable bonds is 2. The highest BCUT2D eigenvalue weighted by atomic mass is 35.5. The number of hydrogen-bond acceptors (Lipinski definition) is 3. The second-order valence-corrected chi connectivity index (χ2v) is 5.98. The highest BCUT2D eigenvalue weighted by molar-refractivity contribution is 7.16. The van der Waals surface area contributed by atoms with Gasteiger partial charge in [-0.05, 0) is 50.1 Å². The van der Waals surface area contributed by atoms with E-state index in [0.717, 1.165) is 16.0 Å². The van der Waals surface area contributed by atoms with Crippen LogP contribution in [0.15, 0.2) is 18.2 Å². The van der Waals surface area contributed by atoms with Gasteiger partial charge in [0.05, 0.1) is 10.6 Å². The van der Waals surface area contributed by atoms with Gasteiger partial charge in [0.15, 0.2) is 5.78 Å². The predicted molar refractivity (Wildman–Crippen MR) is 77.8 cm³/mol. The Hall–Kier alpha value is -1.32.